The summed E-state index contributed by atoms with van der Waals surface area (Å²) >= 11 is 4.78. The van der Waals surface area contributed by atoms with E-state index in [-0.39, 0.29) is 16.8 Å². The van der Waals surface area contributed by atoms with Crippen LogP contribution in [0.1, 0.15) is 45.4 Å². The van der Waals surface area contributed by atoms with Gasteiger partial charge in [-0.25, -0.2) is 0 Å². The highest BCUT2D eigenvalue weighted by atomic mass is 32.1. The molecule has 1 rings (SSSR count). The van der Waals surface area contributed by atoms with Gasteiger partial charge in [0, 0.05) is 6.54 Å². The normalized spacial score (nSPS) is 18.3. The molecule has 92 valence electrons. The third-order valence-electron chi connectivity index (χ3n) is 3.38. The third kappa shape index (κ3) is 4.47. The SMILES string of the molecule is CC(C(=O)NCCCC1CCCC1)C(N)=S. The van der Waals surface area contributed by atoms with E-state index < -0.39 is 0 Å². The Morgan fingerprint density at radius 2 is 2.12 bits per heavy atom. The Morgan fingerprint density at radius 3 is 2.69 bits per heavy atom. The van der Waals surface area contributed by atoms with Gasteiger partial charge in [-0.1, -0.05) is 37.9 Å². The van der Waals surface area contributed by atoms with E-state index in [0.717, 1.165) is 18.9 Å². The lowest BCUT2D eigenvalue weighted by molar-refractivity contribution is -0.122. The maximum atomic E-state index is 11.5. The molecule has 0 aromatic carbocycles. The zero-order chi connectivity index (χ0) is 12.0. The van der Waals surface area contributed by atoms with Gasteiger partial charge in [-0.05, 0) is 25.7 Å². The van der Waals surface area contributed by atoms with E-state index in [1.165, 1.54) is 32.1 Å². The van der Waals surface area contributed by atoms with Crippen LogP contribution in [-0.2, 0) is 4.79 Å². The summed E-state index contributed by atoms with van der Waals surface area (Å²) in [6.07, 6.45) is 7.82. The van der Waals surface area contributed by atoms with Crippen LogP contribution >= 0.6 is 12.2 Å². The van der Waals surface area contributed by atoms with Crippen LogP contribution in [0.5, 0.6) is 0 Å². The molecule has 1 saturated carbocycles. The number of amides is 1. The summed E-state index contributed by atoms with van der Waals surface area (Å²) in [4.78, 5) is 11.8. The van der Waals surface area contributed by atoms with Crippen molar-refractivity contribution in [3.05, 3.63) is 0 Å². The minimum Gasteiger partial charge on any atom is -0.393 e. The standard InChI is InChI=1S/C12H22N2OS/c1-9(11(13)16)12(15)14-8-4-7-10-5-2-3-6-10/h9-10H,2-8H2,1H3,(H2,13,16)(H,14,15). The van der Waals surface area contributed by atoms with Crippen LogP contribution in [0.25, 0.3) is 0 Å². The minimum atomic E-state index is -0.346. The molecule has 3 N–H and O–H groups in total. The minimum absolute atomic E-state index is 0.0427. The van der Waals surface area contributed by atoms with Crippen LogP contribution in [0.4, 0.5) is 0 Å². The van der Waals surface area contributed by atoms with Gasteiger partial charge in [0.1, 0.15) is 0 Å². The first kappa shape index (κ1) is 13.4. The number of hydrogen-bond donors (Lipinski definition) is 2. The highest BCUT2D eigenvalue weighted by Gasteiger charge is 2.16. The predicted octanol–water partition coefficient (Wildman–Crippen LogP) is 2.00. The molecule has 0 heterocycles. The molecule has 16 heavy (non-hydrogen) atoms. The Labute approximate surface area is 103 Å². The molecule has 1 fully saturated rings. The molecule has 0 aliphatic heterocycles. The number of carbonyl (C=O) groups excluding carboxylic acids is 1. The number of carbonyl (C=O) groups is 1. The van der Waals surface area contributed by atoms with Gasteiger partial charge in [-0.3, -0.25) is 4.79 Å². The Kier molecular flexibility index (Phi) is 5.74. The molecule has 1 unspecified atom stereocenters. The van der Waals surface area contributed by atoms with E-state index in [4.69, 9.17) is 18.0 Å². The molecule has 0 saturated heterocycles. The van der Waals surface area contributed by atoms with Gasteiger partial charge >= 0.3 is 0 Å². The van der Waals surface area contributed by atoms with Crippen molar-refractivity contribution in [3.63, 3.8) is 0 Å². The average molecular weight is 242 g/mol. The molecule has 1 amide bonds. The second-order valence-corrected chi connectivity index (χ2v) is 5.18. The Morgan fingerprint density at radius 1 is 1.50 bits per heavy atom. The Hall–Kier alpha value is -0.640. The third-order valence-corrected chi connectivity index (χ3v) is 3.74. The number of nitrogens with two attached hydrogens (primary N) is 1. The zero-order valence-corrected chi connectivity index (χ0v) is 10.8. The van der Waals surface area contributed by atoms with Crippen LogP contribution in [-0.4, -0.2) is 17.4 Å². The first-order chi connectivity index (χ1) is 7.61. The summed E-state index contributed by atoms with van der Waals surface area (Å²) in [5.41, 5.74) is 5.41. The fourth-order valence-electron chi connectivity index (χ4n) is 2.18. The van der Waals surface area contributed by atoms with Crippen molar-refractivity contribution < 1.29 is 4.79 Å². The largest absolute Gasteiger partial charge is 0.393 e. The van der Waals surface area contributed by atoms with Crippen molar-refractivity contribution in [1.82, 2.24) is 5.32 Å². The molecule has 0 radical (unpaired) electrons. The number of hydrogen-bond acceptors (Lipinski definition) is 2. The van der Waals surface area contributed by atoms with Crippen molar-refractivity contribution in [3.8, 4) is 0 Å². The lowest BCUT2D eigenvalue weighted by Gasteiger charge is -2.12. The van der Waals surface area contributed by atoms with E-state index in [2.05, 4.69) is 5.32 Å². The smallest absolute Gasteiger partial charge is 0.229 e. The summed E-state index contributed by atoms with van der Waals surface area (Å²) < 4.78 is 0. The molecule has 3 nitrogen and oxygen atoms in total. The first-order valence-electron chi connectivity index (χ1n) is 6.18. The summed E-state index contributed by atoms with van der Waals surface area (Å²) in [7, 11) is 0. The van der Waals surface area contributed by atoms with Crippen LogP contribution < -0.4 is 11.1 Å². The van der Waals surface area contributed by atoms with Crippen molar-refractivity contribution in [2.45, 2.75) is 45.4 Å². The van der Waals surface area contributed by atoms with Crippen LogP contribution in [0.15, 0.2) is 0 Å². The van der Waals surface area contributed by atoms with Gasteiger partial charge in [0.05, 0.1) is 10.9 Å². The average Bonchev–Trinajstić information content (AvgIpc) is 2.75. The molecule has 1 aliphatic rings. The van der Waals surface area contributed by atoms with Crippen LogP contribution in [0.3, 0.4) is 0 Å². The summed E-state index contributed by atoms with van der Waals surface area (Å²) in [5.74, 6) is 0.505. The molecule has 0 spiro atoms. The van der Waals surface area contributed by atoms with E-state index in [9.17, 15) is 4.79 Å². The van der Waals surface area contributed by atoms with Crippen molar-refractivity contribution >= 4 is 23.1 Å². The van der Waals surface area contributed by atoms with Gasteiger partial charge in [-0.2, -0.15) is 0 Å². The molecular formula is C12H22N2OS. The van der Waals surface area contributed by atoms with Gasteiger partial charge < -0.3 is 11.1 Å². The molecule has 0 aromatic rings. The van der Waals surface area contributed by atoms with E-state index in [1.54, 1.807) is 6.92 Å². The van der Waals surface area contributed by atoms with Crippen LogP contribution in [0, 0.1) is 11.8 Å². The molecule has 1 aliphatic carbocycles. The lowest BCUT2D eigenvalue weighted by Crippen LogP contribution is -2.36. The fourth-order valence-corrected chi connectivity index (χ4v) is 2.29. The summed E-state index contributed by atoms with van der Waals surface area (Å²) in [6, 6.07) is 0. The predicted molar refractivity (Wildman–Crippen MR) is 70.2 cm³/mol. The summed E-state index contributed by atoms with van der Waals surface area (Å²) in [5, 5.41) is 2.88. The summed E-state index contributed by atoms with van der Waals surface area (Å²) in [6.45, 7) is 2.50. The highest BCUT2D eigenvalue weighted by molar-refractivity contribution is 7.80. The topological polar surface area (TPSA) is 55.1 Å². The van der Waals surface area contributed by atoms with Gasteiger partial charge in [0.15, 0.2) is 0 Å². The molecular weight excluding hydrogens is 220 g/mol. The molecule has 0 aromatic heterocycles. The highest BCUT2D eigenvalue weighted by Crippen LogP contribution is 2.28. The monoisotopic (exact) mass is 242 g/mol. The lowest BCUT2D eigenvalue weighted by atomic mass is 10.0. The number of rotatable bonds is 6. The quantitative estimate of drug-likeness (QED) is 0.553. The second kappa shape index (κ2) is 6.84. The molecule has 4 heteroatoms. The number of nitrogens with one attached hydrogen (secondary N) is 1. The Bertz CT molecular complexity index is 249. The van der Waals surface area contributed by atoms with Gasteiger partial charge in [-0.15, -0.1) is 0 Å². The molecule has 0 bridgehead atoms. The van der Waals surface area contributed by atoms with Crippen molar-refractivity contribution in [2.24, 2.45) is 17.6 Å². The number of thiocarbonyl (C=S) groups is 1. The van der Waals surface area contributed by atoms with Crippen molar-refractivity contribution in [2.75, 3.05) is 6.54 Å². The molecule has 1 atom stereocenters. The van der Waals surface area contributed by atoms with Crippen molar-refractivity contribution in [1.29, 1.82) is 0 Å². The van der Waals surface area contributed by atoms with E-state index in [0.29, 0.717) is 0 Å². The first-order valence-corrected chi connectivity index (χ1v) is 6.59. The maximum Gasteiger partial charge on any atom is 0.229 e. The van der Waals surface area contributed by atoms with E-state index >= 15 is 0 Å². The van der Waals surface area contributed by atoms with Gasteiger partial charge in [0.2, 0.25) is 5.91 Å². The van der Waals surface area contributed by atoms with Crippen LogP contribution in [0.2, 0.25) is 0 Å². The van der Waals surface area contributed by atoms with E-state index in [1.807, 2.05) is 0 Å². The maximum absolute atomic E-state index is 11.5. The zero-order valence-electron chi connectivity index (χ0n) is 10.00. The fraction of sp³-hybridized carbons (Fsp3) is 0.833. The second-order valence-electron chi connectivity index (χ2n) is 4.71. The van der Waals surface area contributed by atoms with Gasteiger partial charge in [0.25, 0.3) is 0 Å². The Balaban J connectivity index is 2.06.